The number of carbonyl (C=O) groups is 2. The average molecular weight is 261 g/mol. The maximum Gasteiger partial charge on any atom is 0.231 e. The molecule has 6 nitrogen and oxygen atoms in total. The monoisotopic (exact) mass is 261 g/mol. The maximum absolute atomic E-state index is 12.4. The number of Topliss-reactive ketones (excluding diaryl/α,β-unsaturated/α-hetero) is 1. The van der Waals surface area contributed by atoms with Crippen LogP contribution in [0.2, 0.25) is 0 Å². The van der Waals surface area contributed by atoms with Crippen LogP contribution in [0.25, 0.3) is 0 Å². The van der Waals surface area contributed by atoms with Gasteiger partial charge < -0.3 is 19.5 Å². The quantitative estimate of drug-likeness (QED) is 0.732. The summed E-state index contributed by atoms with van der Waals surface area (Å²) in [6.07, 6.45) is 0.349. The topological polar surface area (TPSA) is 76.1 Å². The second kappa shape index (κ2) is 3.27. The molecule has 1 unspecified atom stereocenters. The van der Waals surface area contributed by atoms with E-state index in [2.05, 4.69) is 0 Å². The van der Waals surface area contributed by atoms with Crippen LogP contribution in [0.5, 0.6) is 11.5 Å². The summed E-state index contributed by atoms with van der Waals surface area (Å²) >= 11 is 0. The lowest BCUT2D eigenvalue weighted by atomic mass is 9.90. The van der Waals surface area contributed by atoms with E-state index in [1.54, 1.807) is 12.1 Å². The Morgan fingerprint density at radius 3 is 2.74 bits per heavy atom. The van der Waals surface area contributed by atoms with Gasteiger partial charge in [-0.2, -0.15) is 0 Å². The van der Waals surface area contributed by atoms with Crippen molar-refractivity contribution in [1.29, 1.82) is 0 Å². The van der Waals surface area contributed by atoms with Crippen molar-refractivity contribution >= 4 is 11.7 Å². The normalized spacial score (nSPS) is 27.5. The first-order valence-electron chi connectivity index (χ1n) is 6.10. The second-order valence-electron chi connectivity index (χ2n) is 4.99. The summed E-state index contributed by atoms with van der Waals surface area (Å²) < 4.78 is 10.5. The van der Waals surface area contributed by atoms with Crippen molar-refractivity contribution in [2.45, 2.75) is 25.1 Å². The fraction of sp³-hybridized carbons (Fsp3) is 0.385. The number of nitrogens with zero attached hydrogens (tertiary/aromatic N) is 1. The van der Waals surface area contributed by atoms with Gasteiger partial charge in [0.05, 0.1) is 0 Å². The number of hydrogen-bond donors (Lipinski definition) is 1. The van der Waals surface area contributed by atoms with E-state index in [9.17, 15) is 14.7 Å². The van der Waals surface area contributed by atoms with Gasteiger partial charge in [0, 0.05) is 24.9 Å². The Kier molecular flexibility index (Phi) is 1.86. The Labute approximate surface area is 108 Å². The number of aliphatic hydroxyl groups is 1. The lowest BCUT2D eigenvalue weighted by Gasteiger charge is -2.37. The van der Waals surface area contributed by atoms with Gasteiger partial charge in [-0.3, -0.25) is 9.59 Å². The van der Waals surface area contributed by atoms with Gasteiger partial charge in [-0.25, -0.2) is 0 Å². The molecule has 1 aromatic rings. The van der Waals surface area contributed by atoms with E-state index in [1.807, 2.05) is 0 Å². The minimum absolute atomic E-state index is 0.124. The van der Waals surface area contributed by atoms with Gasteiger partial charge in [-0.1, -0.05) is 0 Å². The number of amides is 1. The Bertz CT molecular complexity index is 626. The minimum atomic E-state index is -1.68. The third-order valence-electron chi connectivity index (χ3n) is 3.97. The molecule has 1 N–H and O–H groups in total. The molecule has 0 bridgehead atoms. The molecule has 0 aromatic heterocycles. The van der Waals surface area contributed by atoms with Gasteiger partial charge in [0.1, 0.15) is 0 Å². The highest BCUT2D eigenvalue weighted by molar-refractivity contribution is 6.08. The molecule has 1 fully saturated rings. The Morgan fingerprint density at radius 2 is 1.95 bits per heavy atom. The van der Waals surface area contributed by atoms with Crippen molar-refractivity contribution in [2.24, 2.45) is 0 Å². The zero-order valence-corrected chi connectivity index (χ0v) is 10.0. The molecule has 19 heavy (non-hydrogen) atoms. The molecule has 1 atom stereocenters. The molecule has 4 rings (SSSR count). The number of fused-ring (bicyclic) bond motifs is 3. The minimum Gasteiger partial charge on any atom is -0.454 e. The Hall–Kier alpha value is -2.08. The summed E-state index contributed by atoms with van der Waals surface area (Å²) in [4.78, 5) is 25.4. The first kappa shape index (κ1) is 10.8. The van der Waals surface area contributed by atoms with Crippen molar-refractivity contribution in [2.75, 3.05) is 6.79 Å². The van der Waals surface area contributed by atoms with Crippen molar-refractivity contribution in [3.8, 4) is 11.5 Å². The van der Waals surface area contributed by atoms with Gasteiger partial charge in [-0.15, -0.1) is 0 Å². The van der Waals surface area contributed by atoms with Crippen molar-refractivity contribution in [3.63, 3.8) is 0 Å². The molecule has 0 radical (unpaired) electrons. The maximum atomic E-state index is 12.4. The van der Waals surface area contributed by atoms with Crippen LogP contribution >= 0.6 is 0 Å². The van der Waals surface area contributed by atoms with Gasteiger partial charge in [0.25, 0.3) is 0 Å². The standard InChI is InChI=1S/C13H11NO5/c15-11-1-2-13(17)12(16)8-4-10-9(18-6-19-10)3-7(8)5-14(11)13/h3-4,17H,1-2,5-6H2. The van der Waals surface area contributed by atoms with Crippen LogP contribution in [0.15, 0.2) is 12.1 Å². The molecule has 3 aliphatic rings. The van der Waals surface area contributed by atoms with E-state index in [4.69, 9.17) is 9.47 Å². The molecule has 3 heterocycles. The fourth-order valence-electron chi connectivity index (χ4n) is 2.92. The third kappa shape index (κ3) is 1.24. The molecule has 98 valence electrons. The van der Waals surface area contributed by atoms with Crippen LogP contribution in [-0.2, 0) is 11.3 Å². The first-order chi connectivity index (χ1) is 9.09. The number of ether oxygens (including phenoxy) is 2. The number of ketones is 1. The van der Waals surface area contributed by atoms with Gasteiger partial charge >= 0.3 is 0 Å². The summed E-state index contributed by atoms with van der Waals surface area (Å²) in [5.41, 5.74) is -0.579. The summed E-state index contributed by atoms with van der Waals surface area (Å²) in [6.45, 7) is 0.354. The second-order valence-corrected chi connectivity index (χ2v) is 4.99. The fourth-order valence-corrected chi connectivity index (χ4v) is 2.92. The summed E-state index contributed by atoms with van der Waals surface area (Å²) in [5, 5.41) is 10.4. The number of benzene rings is 1. The zero-order valence-electron chi connectivity index (χ0n) is 10.0. The zero-order chi connectivity index (χ0) is 13.2. The van der Waals surface area contributed by atoms with Gasteiger partial charge in [-0.05, 0) is 17.7 Å². The number of carbonyl (C=O) groups excluding carboxylic acids is 2. The smallest absolute Gasteiger partial charge is 0.231 e. The van der Waals surface area contributed by atoms with E-state index in [0.717, 1.165) is 0 Å². The van der Waals surface area contributed by atoms with Crippen LogP contribution in [0.1, 0.15) is 28.8 Å². The number of hydrogen-bond acceptors (Lipinski definition) is 5. The molecular formula is C13H11NO5. The summed E-state index contributed by atoms with van der Waals surface area (Å²) in [5.74, 6) is 0.453. The number of rotatable bonds is 0. The van der Waals surface area contributed by atoms with E-state index in [-0.39, 0.29) is 32.1 Å². The van der Waals surface area contributed by atoms with Crippen molar-refractivity contribution in [3.05, 3.63) is 23.3 Å². The van der Waals surface area contributed by atoms with Crippen LogP contribution in [-0.4, -0.2) is 34.2 Å². The van der Waals surface area contributed by atoms with Crippen LogP contribution < -0.4 is 9.47 Å². The van der Waals surface area contributed by atoms with Crippen LogP contribution in [0, 0.1) is 0 Å². The average Bonchev–Trinajstić information content (AvgIpc) is 2.96. The Morgan fingerprint density at radius 1 is 1.21 bits per heavy atom. The summed E-state index contributed by atoms with van der Waals surface area (Å²) in [7, 11) is 0. The molecule has 1 aromatic carbocycles. The first-order valence-corrected chi connectivity index (χ1v) is 6.10. The molecule has 0 saturated carbocycles. The predicted molar refractivity (Wildman–Crippen MR) is 61.6 cm³/mol. The molecule has 0 spiro atoms. The highest BCUT2D eigenvalue weighted by atomic mass is 16.7. The predicted octanol–water partition coefficient (Wildman–Crippen LogP) is 0.423. The molecular weight excluding hydrogens is 250 g/mol. The highest BCUT2D eigenvalue weighted by Crippen LogP contribution is 2.42. The van der Waals surface area contributed by atoms with Crippen molar-refractivity contribution < 1.29 is 24.2 Å². The molecule has 6 heteroatoms. The molecule has 0 aliphatic carbocycles. The largest absolute Gasteiger partial charge is 0.454 e. The molecule has 1 saturated heterocycles. The van der Waals surface area contributed by atoms with E-state index in [1.165, 1.54) is 4.90 Å². The lowest BCUT2D eigenvalue weighted by molar-refractivity contribution is -0.141. The van der Waals surface area contributed by atoms with Crippen LogP contribution in [0.3, 0.4) is 0 Å². The van der Waals surface area contributed by atoms with Gasteiger partial charge in [0.2, 0.25) is 24.2 Å². The van der Waals surface area contributed by atoms with E-state index >= 15 is 0 Å². The molecule has 1 amide bonds. The van der Waals surface area contributed by atoms with Gasteiger partial charge in [0.15, 0.2) is 11.5 Å². The van der Waals surface area contributed by atoms with E-state index in [0.29, 0.717) is 22.6 Å². The lowest BCUT2D eigenvalue weighted by Crippen LogP contribution is -2.54. The Balaban J connectivity index is 1.89. The highest BCUT2D eigenvalue weighted by Gasteiger charge is 2.53. The molecule has 3 aliphatic heterocycles. The third-order valence-corrected chi connectivity index (χ3v) is 3.97. The summed E-state index contributed by atoms with van der Waals surface area (Å²) in [6, 6.07) is 3.30. The van der Waals surface area contributed by atoms with Crippen molar-refractivity contribution in [1.82, 2.24) is 4.90 Å². The van der Waals surface area contributed by atoms with Crippen LogP contribution in [0.4, 0.5) is 0 Å². The van der Waals surface area contributed by atoms with E-state index < -0.39 is 11.5 Å². The SMILES string of the molecule is O=C1CCC2(O)C(=O)c3cc4c(cc3CN12)OCO4.